The van der Waals surface area contributed by atoms with Gasteiger partial charge in [-0.25, -0.2) is 19.0 Å². The summed E-state index contributed by atoms with van der Waals surface area (Å²) in [5, 5.41) is 0. The second-order valence-corrected chi connectivity index (χ2v) is 11.9. The van der Waals surface area contributed by atoms with Gasteiger partial charge in [-0.1, -0.05) is 48.5 Å². The number of hydrogen-bond acceptors (Lipinski definition) is 7. The standard InChI is InChI=1S/C36H34FN5O5/c1-23(43)39(2)34-21-42(36(45)47-34)25-12-13-26(32(37)19-25)24-11-14-33(38-20-24)40-15-17-41(18-16-40)35(44)46-22-31-29-9-5-3-7-27(29)28-8-4-6-10-30(28)31/h3-14,19-20,31,34H,15-18,21-22H2,1-2H3/t34-/m0/s1. The molecule has 1 aliphatic carbocycles. The third-order valence-corrected chi connectivity index (χ3v) is 9.25. The lowest BCUT2D eigenvalue weighted by Gasteiger charge is -2.35. The van der Waals surface area contributed by atoms with Crippen molar-refractivity contribution < 1.29 is 28.2 Å². The Labute approximate surface area is 271 Å². The molecule has 2 saturated heterocycles. The number of rotatable bonds is 6. The summed E-state index contributed by atoms with van der Waals surface area (Å²) in [6.45, 7) is 3.95. The SMILES string of the molecule is CC(=O)N(C)[C@@H]1CN(c2ccc(-c3ccc(N4CCN(C(=O)OCC5c6ccccc6-c6ccccc65)CC4)nc3)c(F)c2)C(=O)O1. The molecule has 0 radical (unpaired) electrons. The number of anilines is 2. The molecule has 11 heteroatoms. The van der Waals surface area contributed by atoms with E-state index in [1.807, 2.05) is 30.3 Å². The number of likely N-dealkylation sites (N-methyl/N-ethyl adjacent to an activating group) is 1. The van der Waals surface area contributed by atoms with E-state index in [0.717, 1.165) is 5.82 Å². The average molecular weight is 636 g/mol. The average Bonchev–Trinajstić information content (AvgIpc) is 3.64. The molecule has 4 aromatic rings. The Bertz CT molecular complexity index is 1800. The molecule has 2 aliphatic heterocycles. The molecule has 3 aromatic carbocycles. The van der Waals surface area contributed by atoms with Crippen molar-refractivity contribution in [1.29, 1.82) is 0 Å². The molecule has 1 atom stereocenters. The van der Waals surface area contributed by atoms with Crippen molar-refractivity contribution >= 4 is 29.6 Å². The Kier molecular flexibility index (Phi) is 7.97. The smallest absolute Gasteiger partial charge is 0.416 e. The number of carbonyl (C=O) groups is 3. The van der Waals surface area contributed by atoms with E-state index in [1.54, 1.807) is 36.3 Å². The first-order valence-corrected chi connectivity index (χ1v) is 15.6. The van der Waals surface area contributed by atoms with E-state index in [0.29, 0.717) is 43.0 Å². The summed E-state index contributed by atoms with van der Waals surface area (Å²) in [4.78, 5) is 48.1. The van der Waals surface area contributed by atoms with Crippen LogP contribution in [-0.4, -0.2) is 85.5 Å². The van der Waals surface area contributed by atoms with Gasteiger partial charge in [0.2, 0.25) is 5.91 Å². The number of halogens is 1. The first-order chi connectivity index (χ1) is 22.8. The lowest BCUT2D eigenvalue weighted by Crippen LogP contribution is -2.49. The van der Waals surface area contributed by atoms with Crippen LogP contribution in [0.3, 0.4) is 0 Å². The number of ether oxygens (including phenoxy) is 2. The minimum atomic E-state index is -0.736. The highest BCUT2D eigenvalue weighted by Crippen LogP contribution is 2.44. The van der Waals surface area contributed by atoms with Gasteiger partial charge in [0.1, 0.15) is 18.2 Å². The molecule has 1 aromatic heterocycles. The summed E-state index contributed by atoms with van der Waals surface area (Å²) in [5.74, 6) is 0.00296. The minimum Gasteiger partial charge on any atom is -0.448 e. The Morgan fingerprint density at radius 1 is 0.936 bits per heavy atom. The second-order valence-electron chi connectivity index (χ2n) is 11.9. The van der Waals surface area contributed by atoms with Crippen molar-refractivity contribution in [2.45, 2.75) is 19.1 Å². The van der Waals surface area contributed by atoms with Gasteiger partial charge in [0.15, 0.2) is 6.23 Å². The fraction of sp³-hybridized carbons (Fsp3) is 0.278. The molecule has 7 rings (SSSR count). The maximum absolute atomic E-state index is 15.3. The normalized spacial score (nSPS) is 17.3. The van der Waals surface area contributed by atoms with Crippen LogP contribution in [-0.2, 0) is 14.3 Å². The van der Waals surface area contributed by atoms with Crippen LogP contribution in [0.15, 0.2) is 85.1 Å². The molecule has 3 aliphatic rings. The lowest BCUT2D eigenvalue weighted by molar-refractivity contribution is -0.134. The van der Waals surface area contributed by atoms with Gasteiger partial charge in [0, 0.05) is 63.4 Å². The highest BCUT2D eigenvalue weighted by Gasteiger charge is 2.36. The van der Waals surface area contributed by atoms with Crippen LogP contribution in [0.1, 0.15) is 24.0 Å². The third kappa shape index (κ3) is 5.73. The number of nitrogens with zero attached hydrogens (tertiary/aromatic N) is 5. The largest absolute Gasteiger partial charge is 0.448 e. The first kappa shape index (κ1) is 30.2. The van der Waals surface area contributed by atoms with E-state index in [2.05, 4.69) is 34.1 Å². The van der Waals surface area contributed by atoms with Crippen LogP contribution in [0.4, 0.5) is 25.5 Å². The molecule has 0 saturated carbocycles. The van der Waals surface area contributed by atoms with Gasteiger partial charge in [-0.05, 0) is 52.6 Å². The molecule has 0 spiro atoms. The molecule has 240 valence electrons. The summed E-state index contributed by atoms with van der Waals surface area (Å²) in [6.07, 6.45) is -0.0783. The second kappa shape index (κ2) is 12.4. The van der Waals surface area contributed by atoms with Crippen LogP contribution >= 0.6 is 0 Å². The molecule has 3 amide bonds. The number of amides is 3. The van der Waals surface area contributed by atoms with Gasteiger partial charge < -0.3 is 24.2 Å². The number of hydrogen-bond donors (Lipinski definition) is 0. The minimum absolute atomic E-state index is 0.0141. The number of fused-ring (bicyclic) bond motifs is 3. The van der Waals surface area contributed by atoms with E-state index >= 15 is 4.39 Å². The Hall–Kier alpha value is -5.45. The zero-order valence-electron chi connectivity index (χ0n) is 26.1. The van der Waals surface area contributed by atoms with Crippen LogP contribution in [0.5, 0.6) is 0 Å². The molecular formula is C36H34FN5O5. The number of benzene rings is 3. The van der Waals surface area contributed by atoms with E-state index in [-0.39, 0.29) is 31.1 Å². The van der Waals surface area contributed by atoms with Crippen LogP contribution in [0, 0.1) is 5.82 Å². The maximum Gasteiger partial charge on any atom is 0.416 e. The highest BCUT2D eigenvalue weighted by atomic mass is 19.1. The van der Waals surface area contributed by atoms with Crippen molar-refractivity contribution in [2.75, 3.05) is 56.2 Å². The van der Waals surface area contributed by atoms with Gasteiger partial charge in [-0.3, -0.25) is 9.69 Å². The predicted octanol–water partition coefficient (Wildman–Crippen LogP) is 5.72. The van der Waals surface area contributed by atoms with Gasteiger partial charge in [-0.15, -0.1) is 0 Å². The zero-order valence-corrected chi connectivity index (χ0v) is 26.1. The van der Waals surface area contributed by atoms with Crippen LogP contribution in [0.2, 0.25) is 0 Å². The number of aromatic nitrogens is 1. The third-order valence-electron chi connectivity index (χ3n) is 9.25. The molecule has 0 unspecified atom stereocenters. The Balaban J connectivity index is 0.941. The molecule has 2 fully saturated rings. The molecule has 0 N–H and O–H groups in total. The summed E-state index contributed by atoms with van der Waals surface area (Å²) in [7, 11) is 1.55. The Morgan fingerprint density at radius 3 is 2.23 bits per heavy atom. The lowest BCUT2D eigenvalue weighted by atomic mass is 9.98. The summed E-state index contributed by atoms with van der Waals surface area (Å²) < 4.78 is 26.4. The van der Waals surface area contributed by atoms with Gasteiger partial charge in [0.05, 0.1) is 12.2 Å². The summed E-state index contributed by atoms with van der Waals surface area (Å²) in [5.41, 5.74) is 6.03. The Morgan fingerprint density at radius 2 is 1.62 bits per heavy atom. The fourth-order valence-electron chi connectivity index (χ4n) is 6.50. The topological polar surface area (TPSA) is 95.5 Å². The van der Waals surface area contributed by atoms with Crippen molar-refractivity contribution in [1.82, 2.24) is 14.8 Å². The maximum atomic E-state index is 15.3. The number of carbonyl (C=O) groups excluding carboxylic acids is 3. The number of cyclic esters (lactones) is 1. The van der Waals surface area contributed by atoms with Gasteiger partial charge in [-0.2, -0.15) is 0 Å². The molecular weight excluding hydrogens is 601 g/mol. The zero-order chi connectivity index (χ0) is 32.7. The summed E-state index contributed by atoms with van der Waals surface area (Å²) in [6, 6.07) is 24.7. The van der Waals surface area contributed by atoms with Gasteiger partial charge >= 0.3 is 12.2 Å². The number of piperazine rings is 1. The quantitative estimate of drug-likeness (QED) is 0.268. The van der Waals surface area contributed by atoms with Gasteiger partial charge in [0.25, 0.3) is 0 Å². The van der Waals surface area contributed by atoms with E-state index in [9.17, 15) is 14.4 Å². The van der Waals surface area contributed by atoms with E-state index < -0.39 is 18.1 Å². The molecule has 3 heterocycles. The predicted molar refractivity (Wildman–Crippen MR) is 175 cm³/mol. The monoisotopic (exact) mass is 635 g/mol. The van der Waals surface area contributed by atoms with E-state index in [1.165, 1.54) is 45.0 Å². The van der Waals surface area contributed by atoms with E-state index in [4.69, 9.17) is 9.47 Å². The van der Waals surface area contributed by atoms with Crippen LogP contribution < -0.4 is 9.80 Å². The van der Waals surface area contributed by atoms with Crippen molar-refractivity contribution in [3.63, 3.8) is 0 Å². The molecule has 10 nitrogen and oxygen atoms in total. The fourth-order valence-corrected chi connectivity index (χ4v) is 6.50. The molecule has 0 bridgehead atoms. The number of pyridine rings is 1. The molecule has 47 heavy (non-hydrogen) atoms. The van der Waals surface area contributed by atoms with Crippen LogP contribution in [0.25, 0.3) is 22.3 Å². The highest BCUT2D eigenvalue weighted by molar-refractivity contribution is 5.90. The van der Waals surface area contributed by atoms with Crippen molar-refractivity contribution in [3.05, 3.63) is 102 Å². The first-order valence-electron chi connectivity index (χ1n) is 15.6. The van der Waals surface area contributed by atoms with Crippen molar-refractivity contribution in [2.24, 2.45) is 0 Å². The van der Waals surface area contributed by atoms with Crippen molar-refractivity contribution in [3.8, 4) is 22.3 Å². The summed E-state index contributed by atoms with van der Waals surface area (Å²) >= 11 is 0.